The number of para-hydroxylation sites is 1. The maximum absolute atomic E-state index is 13.6. The molecule has 1 aliphatic carbocycles. The summed E-state index contributed by atoms with van der Waals surface area (Å²) >= 11 is 0. The van der Waals surface area contributed by atoms with Gasteiger partial charge in [0, 0.05) is 12.6 Å². The van der Waals surface area contributed by atoms with E-state index < -0.39 is 0 Å². The third-order valence-electron chi connectivity index (χ3n) is 3.71. The molecule has 23 heavy (non-hydrogen) atoms. The van der Waals surface area contributed by atoms with Crippen LogP contribution in [0.25, 0.3) is 0 Å². The first-order valence-corrected chi connectivity index (χ1v) is 8.15. The van der Waals surface area contributed by atoms with Gasteiger partial charge in [-0.05, 0) is 38.8 Å². The van der Waals surface area contributed by atoms with E-state index in [0.29, 0.717) is 12.6 Å². The quantitative estimate of drug-likeness (QED) is 0.407. The number of nitrogens with zero attached hydrogens (tertiary/aromatic N) is 1. The van der Waals surface area contributed by atoms with Crippen molar-refractivity contribution in [3.63, 3.8) is 0 Å². The van der Waals surface area contributed by atoms with E-state index in [9.17, 15) is 4.39 Å². The molecule has 1 saturated carbocycles. The summed E-state index contributed by atoms with van der Waals surface area (Å²) in [4.78, 5) is 4.55. The van der Waals surface area contributed by atoms with Crippen LogP contribution in [0, 0.1) is 5.82 Å². The van der Waals surface area contributed by atoms with Gasteiger partial charge in [-0.1, -0.05) is 25.0 Å². The number of halogens is 2. The molecule has 1 aromatic rings. The highest BCUT2D eigenvalue weighted by molar-refractivity contribution is 14.0. The molecule has 0 aliphatic heterocycles. The number of benzene rings is 1. The van der Waals surface area contributed by atoms with E-state index >= 15 is 0 Å². The van der Waals surface area contributed by atoms with E-state index in [2.05, 4.69) is 15.6 Å². The molecule has 6 heteroatoms. The summed E-state index contributed by atoms with van der Waals surface area (Å²) in [5, 5.41) is 6.71. The largest absolute Gasteiger partial charge is 0.486 e. The second-order valence-electron chi connectivity index (χ2n) is 5.70. The Bertz CT molecular complexity index is 492. The molecule has 1 fully saturated rings. The van der Waals surface area contributed by atoms with Crippen molar-refractivity contribution in [2.45, 2.75) is 51.7 Å². The van der Waals surface area contributed by atoms with Gasteiger partial charge in [0.1, 0.15) is 6.10 Å². The normalized spacial score (nSPS) is 16.6. The summed E-state index contributed by atoms with van der Waals surface area (Å²) in [5.74, 6) is 0.756. The average molecular weight is 435 g/mol. The standard InChI is InChI=1S/C17H26FN3O.HI/c1-3-19-17(21-14-8-4-5-9-14)20-12-13(2)22-16-11-7-6-10-15(16)18;/h6-7,10-11,13-14H,3-5,8-9,12H2,1-2H3,(H2,19,20,21);1H. The summed E-state index contributed by atoms with van der Waals surface area (Å²) in [7, 11) is 0. The lowest BCUT2D eigenvalue weighted by molar-refractivity contribution is 0.220. The molecule has 2 N–H and O–H groups in total. The van der Waals surface area contributed by atoms with Gasteiger partial charge in [-0.2, -0.15) is 0 Å². The molecule has 0 saturated heterocycles. The number of guanidine groups is 1. The lowest BCUT2D eigenvalue weighted by Crippen LogP contribution is -2.42. The number of hydrogen-bond donors (Lipinski definition) is 2. The highest BCUT2D eigenvalue weighted by Crippen LogP contribution is 2.18. The second-order valence-corrected chi connectivity index (χ2v) is 5.70. The zero-order valence-electron chi connectivity index (χ0n) is 13.8. The fourth-order valence-corrected chi connectivity index (χ4v) is 2.60. The van der Waals surface area contributed by atoms with Gasteiger partial charge >= 0.3 is 0 Å². The Kier molecular flexibility index (Phi) is 9.28. The van der Waals surface area contributed by atoms with Crippen molar-refractivity contribution in [1.29, 1.82) is 0 Å². The molecule has 1 atom stereocenters. The fourth-order valence-electron chi connectivity index (χ4n) is 2.60. The van der Waals surface area contributed by atoms with Crippen LogP contribution < -0.4 is 15.4 Å². The van der Waals surface area contributed by atoms with Gasteiger partial charge in [0.2, 0.25) is 0 Å². The van der Waals surface area contributed by atoms with Gasteiger partial charge in [0.25, 0.3) is 0 Å². The van der Waals surface area contributed by atoms with Crippen LogP contribution in [0.2, 0.25) is 0 Å². The lowest BCUT2D eigenvalue weighted by Gasteiger charge is -2.18. The predicted octanol–water partition coefficient (Wildman–Crippen LogP) is 3.71. The van der Waals surface area contributed by atoms with Crippen LogP contribution in [-0.4, -0.2) is 31.2 Å². The number of ether oxygens (including phenoxy) is 1. The van der Waals surface area contributed by atoms with E-state index in [0.717, 1.165) is 12.5 Å². The first kappa shape index (κ1) is 20.0. The molecule has 1 unspecified atom stereocenters. The molecule has 0 radical (unpaired) electrons. The molecule has 0 amide bonds. The van der Waals surface area contributed by atoms with Gasteiger partial charge in [0.05, 0.1) is 6.54 Å². The summed E-state index contributed by atoms with van der Waals surface area (Å²) in [6.07, 6.45) is 4.78. The first-order valence-electron chi connectivity index (χ1n) is 8.15. The van der Waals surface area contributed by atoms with Gasteiger partial charge in [-0.25, -0.2) is 9.38 Å². The van der Waals surface area contributed by atoms with Crippen molar-refractivity contribution in [1.82, 2.24) is 10.6 Å². The van der Waals surface area contributed by atoms with Gasteiger partial charge in [0.15, 0.2) is 17.5 Å². The van der Waals surface area contributed by atoms with Crippen molar-refractivity contribution >= 4 is 29.9 Å². The van der Waals surface area contributed by atoms with E-state index in [1.54, 1.807) is 18.2 Å². The van der Waals surface area contributed by atoms with Crippen molar-refractivity contribution in [2.75, 3.05) is 13.1 Å². The molecule has 130 valence electrons. The van der Waals surface area contributed by atoms with Crippen LogP contribution in [0.1, 0.15) is 39.5 Å². The first-order chi connectivity index (χ1) is 10.7. The molecule has 1 aliphatic rings. The van der Waals surface area contributed by atoms with Crippen LogP contribution in [0.15, 0.2) is 29.3 Å². The third-order valence-corrected chi connectivity index (χ3v) is 3.71. The Hall–Kier alpha value is -1.05. The van der Waals surface area contributed by atoms with Crippen LogP contribution >= 0.6 is 24.0 Å². The smallest absolute Gasteiger partial charge is 0.191 e. The molecular formula is C17H27FIN3O. The Morgan fingerprint density at radius 2 is 2.04 bits per heavy atom. The molecule has 0 heterocycles. The SMILES string of the molecule is CCNC(=NCC(C)Oc1ccccc1F)NC1CCCC1.I. The van der Waals surface area contributed by atoms with Gasteiger partial charge < -0.3 is 15.4 Å². The fraction of sp³-hybridized carbons (Fsp3) is 0.588. The van der Waals surface area contributed by atoms with E-state index in [4.69, 9.17) is 4.74 Å². The summed E-state index contributed by atoms with van der Waals surface area (Å²) in [6.45, 7) is 5.25. The van der Waals surface area contributed by atoms with Gasteiger partial charge in [-0.15, -0.1) is 24.0 Å². The minimum Gasteiger partial charge on any atom is -0.486 e. The predicted molar refractivity (Wildman–Crippen MR) is 103 cm³/mol. The molecular weight excluding hydrogens is 408 g/mol. The van der Waals surface area contributed by atoms with Crippen molar-refractivity contribution in [3.8, 4) is 5.75 Å². The Balaban J connectivity index is 0.00000264. The molecule has 4 nitrogen and oxygen atoms in total. The lowest BCUT2D eigenvalue weighted by atomic mass is 10.2. The maximum Gasteiger partial charge on any atom is 0.191 e. The topological polar surface area (TPSA) is 45.7 Å². The van der Waals surface area contributed by atoms with Crippen LogP contribution in [0.5, 0.6) is 5.75 Å². The molecule has 0 bridgehead atoms. The zero-order chi connectivity index (χ0) is 15.8. The molecule has 2 rings (SSSR count). The van der Waals surface area contributed by atoms with E-state index in [-0.39, 0.29) is 41.6 Å². The second kappa shape index (κ2) is 10.7. The highest BCUT2D eigenvalue weighted by atomic mass is 127. The number of aliphatic imine (C=N–C) groups is 1. The monoisotopic (exact) mass is 435 g/mol. The van der Waals surface area contributed by atoms with Crippen LogP contribution in [0.4, 0.5) is 4.39 Å². The summed E-state index contributed by atoms with van der Waals surface area (Å²) < 4.78 is 19.2. The number of nitrogens with one attached hydrogen (secondary N) is 2. The van der Waals surface area contributed by atoms with Crippen molar-refractivity contribution in [2.24, 2.45) is 4.99 Å². The summed E-state index contributed by atoms with van der Waals surface area (Å²) in [6, 6.07) is 6.97. The third kappa shape index (κ3) is 6.93. The Morgan fingerprint density at radius 3 is 2.70 bits per heavy atom. The molecule has 0 aromatic heterocycles. The Labute approximate surface area is 155 Å². The summed E-state index contributed by atoms with van der Waals surface area (Å²) in [5.41, 5.74) is 0. The minimum absolute atomic E-state index is 0. The molecule has 0 spiro atoms. The highest BCUT2D eigenvalue weighted by Gasteiger charge is 2.16. The minimum atomic E-state index is -0.339. The molecule has 1 aromatic carbocycles. The van der Waals surface area contributed by atoms with Crippen molar-refractivity contribution < 1.29 is 9.13 Å². The van der Waals surface area contributed by atoms with Crippen LogP contribution in [-0.2, 0) is 0 Å². The van der Waals surface area contributed by atoms with Crippen LogP contribution in [0.3, 0.4) is 0 Å². The van der Waals surface area contributed by atoms with Gasteiger partial charge in [-0.3, -0.25) is 0 Å². The van der Waals surface area contributed by atoms with E-state index in [1.165, 1.54) is 31.7 Å². The maximum atomic E-state index is 13.6. The number of hydrogen-bond acceptors (Lipinski definition) is 2. The Morgan fingerprint density at radius 1 is 1.35 bits per heavy atom. The zero-order valence-corrected chi connectivity index (χ0v) is 16.2. The number of rotatable bonds is 6. The van der Waals surface area contributed by atoms with Crippen molar-refractivity contribution in [3.05, 3.63) is 30.1 Å². The average Bonchev–Trinajstić information content (AvgIpc) is 3.00. The van der Waals surface area contributed by atoms with E-state index in [1.807, 2.05) is 13.8 Å².